The quantitative estimate of drug-likeness (QED) is 0.335. The molecule has 1 aromatic heterocycles. The second-order valence-electron chi connectivity index (χ2n) is 5.81. The van der Waals surface area contributed by atoms with Crippen LogP contribution in [0.5, 0.6) is 0 Å². The fourth-order valence-corrected chi connectivity index (χ4v) is 2.77. The highest BCUT2D eigenvalue weighted by Gasteiger charge is 2.37. The standard InChI is InChI=1S/C14H20N3O9P/c1-8(18)15-4-2-3-9-6-17(14(21)16-13(9)20)12-5-10(19)11(26-12)7-25-27(22,23)24/h2-3,6,10-12,19H,4-5,7H2,1H3,(H,15,18)(H,16,20,21)(H2,22,23,24)/b3-2+/t10-,11+,12+/m0/s1. The Kier molecular flexibility index (Phi) is 6.87. The monoisotopic (exact) mass is 405 g/mol. The number of aliphatic hydroxyl groups is 1. The van der Waals surface area contributed by atoms with Crippen molar-refractivity contribution in [3.63, 3.8) is 0 Å². The maximum atomic E-state index is 12.0. The Morgan fingerprint density at radius 2 is 2.22 bits per heavy atom. The lowest BCUT2D eigenvalue weighted by Crippen LogP contribution is -2.33. The number of aromatic amines is 1. The molecule has 27 heavy (non-hydrogen) atoms. The van der Waals surface area contributed by atoms with Gasteiger partial charge in [-0.2, -0.15) is 0 Å². The van der Waals surface area contributed by atoms with Gasteiger partial charge in [-0.15, -0.1) is 0 Å². The van der Waals surface area contributed by atoms with E-state index in [1.807, 2.05) is 0 Å². The lowest BCUT2D eigenvalue weighted by molar-refractivity contribution is -0.118. The minimum absolute atomic E-state index is 0.0455. The summed E-state index contributed by atoms with van der Waals surface area (Å²) in [5.74, 6) is -0.240. The van der Waals surface area contributed by atoms with Gasteiger partial charge >= 0.3 is 13.5 Å². The Bertz CT molecular complexity index is 871. The number of phosphoric ester groups is 1. The van der Waals surface area contributed by atoms with E-state index in [0.29, 0.717) is 0 Å². The normalized spacial score (nSPS) is 23.0. The zero-order chi connectivity index (χ0) is 20.2. The predicted octanol–water partition coefficient (Wildman–Crippen LogP) is -1.56. The van der Waals surface area contributed by atoms with Gasteiger partial charge in [0.2, 0.25) is 5.91 Å². The number of ether oxygens (including phenoxy) is 1. The molecule has 0 saturated carbocycles. The highest BCUT2D eigenvalue weighted by molar-refractivity contribution is 7.46. The molecule has 1 saturated heterocycles. The zero-order valence-electron chi connectivity index (χ0n) is 14.3. The second kappa shape index (κ2) is 8.74. The van der Waals surface area contributed by atoms with Crippen LogP contribution in [0.2, 0.25) is 0 Å². The van der Waals surface area contributed by atoms with Crippen molar-refractivity contribution in [3.05, 3.63) is 38.7 Å². The van der Waals surface area contributed by atoms with Crippen molar-refractivity contribution in [3.8, 4) is 0 Å². The third-order valence-corrected chi connectivity index (χ3v) is 4.17. The summed E-state index contributed by atoms with van der Waals surface area (Å²) in [6, 6.07) is 0. The maximum Gasteiger partial charge on any atom is 0.469 e. The Hall–Kier alpha value is -2.08. The van der Waals surface area contributed by atoms with Gasteiger partial charge in [-0.25, -0.2) is 9.36 Å². The molecule has 1 aliphatic heterocycles. The van der Waals surface area contributed by atoms with Crippen LogP contribution in [0.3, 0.4) is 0 Å². The molecule has 12 nitrogen and oxygen atoms in total. The molecule has 0 unspecified atom stereocenters. The van der Waals surface area contributed by atoms with Crippen molar-refractivity contribution >= 4 is 19.8 Å². The molecule has 0 spiro atoms. The number of hydrogen-bond acceptors (Lipinski definition) is 7. The van der Waals surface area contributed by atoms with Gasteiger partial charge in [0, 0.05) is 26.1 Å². The topological polar surface area (TPSA) is 180 Å². The molecule has 1 aliphatic rings. The van der Waals surface area contributed by atoms with E-state index in [1.54, 1.807) is 0 Å². The van der Waals surface area contributed by atoms with E-state index in [1.165, 1.54) is 25.3 Å². The molecule has 13 heteroatoms. The highest BCUT2D eigenvalue weighted by atomic mass is 31.2. The number of aromatic nitrogens is 2. The fraction of sp³-hybridized carbons (Fsp3) is 0.500. The van der Waals surface area contributed by atoms with Crippen LogP contribution in [-0.4, -0.2) is 55.7 Å². The number of H-pyrrole nitrogens is 1. The first-order valence-electron chi connectivity index (χ1n) is 7.87. The van der Waals surface area contributed by atoms with Gasteiger partial charge in [0.1, 0.15) is 12.3 Å². The summed E-state index contributed by atoms with van der Waals surface area (Å²) >= 11 is 0. The SMILES string of the molecule is CC(=O)NC/C=C/c1cn([C@H]2C[C@H](O)[C@@H](COP(=O)(O)O)O2)c(=O)[nH]c1=O. The minimum atomic E-state index is -4.73. The Labute approximate surface area is 152 Å². The number of phosphoric acid groups is 1. The molecule has 150 valence electrons. The smallest absolute Gasteiger partial charge is 0.390 e. The predicted molar refractivity (Wildman–Crippen MR) is 91.6 cm³/mol. The number of aliphatic hydroxyl groups excluding tert-OH is 1. The van der Waals surface area contributed by atoms with Crippen molar-refractivity contribution < 1.29 is 33.5 Å². The van der Waals surface area contributed by atoms with E-state index in [0.717, 1.165) is 4.57 Å². The van der Waals surface area contributed by atoms with E-state index in [9.17, 15) is 24.1 Å². The van der Waals surface area contributed by atoms with E-state index in [-0.39, 0.29) is 24.4 Å². The number of nitrogens with zero attached hydrogens (tertiary/aromatic N) is 1. The molecule has 1 aromatic rings. The summed E-state index contributed by atoms with van der Waals surface area (Å²) in [5, 5.41) is 12.5. The van der Waals surface area contributed by atoms with Crippen molar-refractivity contribution in [1.29, 1.82) is 0 Å². The number of rotatable bonds is 7. The zero-order valence-corrected chi connectivity index (χ0v) is 15.2. The lowest BCUT2D eigenvalue weighted by atomic mass is 10.2. The number of carbonyl (C=O) groups excluding carboxylic acids is 1. The molecule has 0 aliphatic carbocycles. The van der Waals surface area contributed by atoms with Crippen LogP contribution in [0.1, 0.15) is 25.1 Å². The third kappa shape index (κ3) is 6.24. The number of nitrogens with one attached hydrogen (secondary N) is 2. The molecular weight excluding hydrogens is 385 g/mol. The molecule has 1 fully saturated rings. The minimum Gasteiger partial charge on any atom is -0.390 e. The number of hydrogen-bond donors (Lipinski definition) is 5. The van der Waals surface area contributed by atoms with Gasteiger partial charge in [0.25, 0.3) is 5.56 Å². The summed E-state index contributed by atoms with van der Waals surface area (Å²) in [6.07, 6.45) is 0.967. The Morgan fingerprint density at radius 1 is 1.52 bits per heavy atom. The third-order valence-electron chi connectivity index (χ3n) is 3.68. The average Bonchev–Trinajstić information content (AvgIpc) is 2.91. The van der Waals surface area contributed by atoms with E-state index in [2.05, 4.69) is 14.8 Å². The average molecular weight is 405 g/mol. The van der Waals surface area contributed by atoms with Crippen LogP contribution in [0.15, 0.2) is 21.9 Å². The van der Waals surface area contributed by atoms with E-state index < -0.39 is 44.1 Å². The second-order valence-corrected chi connectivity index (χ2v) is 7.05. The van der Waals surface area contributed by atoms with Crippen LogP contribution >= 0.6 is 7.82 Å². The van der Waals surface area contributed by atoms with Crippen molar-refractivity contribution in [2.45, 2.75) is 31.8 Å². The van der Waals surface area contributed by atoms with Gasteiger partial charge in [0.15, 0.2) is 0 Å². The molecule has 3 atom stereocenters. The van der Waals surface area contributed by atoms with Crippen molar-refractivity contribution in [2.24, 2.45) is 0 Å². The number of amides is 1. The summed E-state index contributed by atoms with van der Waals surface area (Å²) < 4.78 is 21.6. The highest BCUT2D eigenvalue weighted by Crippen LogP contribution is 2.38. The van der Waals surface area contributed by atoms with Gasteiger partial charge in [-0.05, 0) is 0 Å². The summed E-state index contributed by atoms with van der Waals surface area (Å²) in [4.78, 5) is 54.3. The van der Waals surface area contributed by atoms with Crippen molar-refractivity contribution in [2.75, 3.05) is 13.2 Å². The lowest BCUT2D eigenvalue weighted by Gasteiger charge is -2.16. The largest absolute Gasteiger partial charge is 0.469 e. The van der Waals surface area contributed by atoms with Crippen molar-refractivity contribution in [1.82, 2.24) is 14.9 Å². The molecule has 0 aromatic carbocycles. The molecule has 2 heterocycles. The van der Waals surface area contributed by atoms with E-state index in [4.69, 9.17) is 14.5 Å². The van der Waals surface area contributed by atoms with Gasteiger partial charge in [-0.3, -0.25) is 23.7 Å². The first kappa shape index (κ1) is 21.2. The first-order chi connectivity index (χ1) is 12.6. The Balaban J connectivity index is 2.15. The van der Waals surface area contributed by atoms with Gasteiger partial charge in [0.05, 0.1) is 18.3 Å². The fourth-order valence-electron chi connectivity index (χ4n) is 2.43. The number of carbonyl (C=O) groups is 1. The summed E-state index contributed by atoms with van der Waals surface area (Å²) in [6.45, 7) is 0.966. The van der Waals surface area contributed by atoms with Gasteiger partial charge < -0.3 is 24.9 Å². The molecule has 2 rings (SSSR count). The molecule has 0 bridgehead atoms. The summed E-state index contributed by atoms with van der Waals surface area (Å²) in [7, 11) is -4.73. The molecule has 1 amide bonds. The van der Waals surface area contributed by atoms with Crippen LogP contribution in [0, 0.1) is 0 Å². The first-order valence-corrected chi connectivity index (χ1v) is 9.40. The Morgan fingerprint density at radius 3 is 2.85 bits per heavy atom. The maximum absolute atomic E-state index is 12.0. The molecule has 0 radical (unpaired) electrons. The molecule has 5 N–H and O–H groups in total. The van der Waals surface area contributed by atoms with Crippen LogP contribution in [0.4, 0.5) is 0 Å². The van der Waals surface area contributed by atoms with E-state index >= 15 is 0 Å². The van der Waals surface area contributed by atoms with Crippen LogP contribution < -0.4 is 16.6 Å². The molecular formula is C14H20N3O9P. The van der Waals surface area contributed by atoms with Crippen LogP contribution in [0.25, 0.3) is 6.08 Å². The van der Waals surface area contributed by atoms with Crippen LogP contribution in [-0.2, 0) is 18.6 Å². The summed E-state index contributed by atoms with van der Waals surface area (Å²) in [5.41, 5.74) is -1.30. The van der Waals surface area contributed by atoms with Gasteiger partial charge in [-0.1, -0.05) is 12.2 Å².